The van der Waals surface area contributed by atoms with Crippen LogP contribution in [0.5, 0.6) is 0 Å². The van der Waals surface area contributed by atoms with Gasteiger partial charge in [-0.2, -0.15) is 11.3 Å². The van der Waals surface area contributed by atoms with E-state index in [2.05, 4.69) is 4.99 Å². The smallest absolute Gasteiger partial charge is 0.363 e. The van der Waals surface area contributed by atoms with Crippen molar-refractivity contribution in [3.05, 3.63) is 67.0 Å². The fourth-order valence-corrected chi connectivity index (χ4v) is 2.70. The number of hydrogen-bond donors (Lipinski definition) is 0. The van der Waals surface area contributed by atoms with Crippen LogP contribution in [-0.2, 0) is 9.53 Å². The van der Waals surface area contributed by atoms with E-state index < -0.39 is 10.9 Å². The number of ether oxygens (including phenoxy) is 1. The van der Waals surface area contributed by atoms with Crippen LogP contribution in [0, 0.1) is 10.1 Å². The zero-order chi connectivity index (χ0) is 15.7. The Morgan fingerprint density at radius 1 is 1.36 bits per heavy atom. The van der Waals surface area contributed by atoms with E-state index in [1.165, 1.54) is 29.5 Å². The van der Waals surface area contributed by atoms with Gasteiger partial charge in [-0.3, -0.25) is 10.1 Å². The average molecular weight is 335 g/mol. The van der Waals surface area contributed by atoms with Crippen molar-refractivity contribution in [1.29, 1.82) is 0 Å². The molecule has 0 aliphatic carbocycles. The number of nitro benzene ring substituents is 1. The summed E-state index contributed by atoms with van der Waals surface area (Å²) in [5.74, 6) is -0.554. The maximum Gasteiger partial charge on any atom is 0.363 e. The number of nitro groups is 1. The van der Waals surface area contributed by atoms with Gasteiger partial charge >= 0.3 is 5.97 Å². The molecule has 8 heteroatoms. The standard InChI is InChI=1S/C14H7ClN2O4S/c15-11-6-9(17(19)20)1-2-10(11)13-16-12(14(18)21-13)5-8-3-4-22-7-8/h1-7H/b12-5-. The lowest BCUT2D eigenvalue weighted by Crippen LogP contribution is -2.06. The Morgan fingerprint density at radius 2 is 2.18 bits per heavy atom. The second-order valence-corrected chi connectivity index (χ2v) is 5.50. The molecule has 0 N–H and O–H groups in total. The molecule has 0 unspecified atom stereocenters. The molecule has 1 aromatic heterocycles. The van der Waals surface area contributed by atoms with Crippen LogP contribution in [0.2, 0.25) is 5.02 Å². The number of carbonyl (C=O) groups is 1. The summed E-state index contributed by atoms with van der Waals surface area (Å²) in [5.41, 5.74) is 1.18. The number of halogens is 1. The van der Waals surface area contributed by atoms with Gasteiger partial charge in [-0.25, -0.2) is 9.79 Å². The number of nitrogens with zero attached hydrogens (tertiary/aromatic N) is 2. The number of thiophene rings is 1. The Labute approximate surface area is 133 Å². The van der Waals surface area contributed by atoms with E-state index in [0.717, 1.165) is 5.56 Å². The minimum atomic E-state index is -0.587. The molecule has 0 saturated heterocycles. The summed E-state index contributed by atoms with van der Waals surface area (Å²) in [7, 11) is 0. The molecule has 2 aromatic rings. The largest absolute Gasteiger partial charge is 0.402 e. The molecule has 110 valence electrons. The minimum absolute atomic E-state index is 0.0337. The van der Waals surface area contributed by atoms with Gasteiger partial charge in [-0.15, -0.1) is 0 Å². The van der Waals surface area contributed by atoms with Gasteiger partial charge in [0, 0.05) is 12.1 Å². The third-order valence-electron chi connectivity index (χ3n) is 2.86. The number of rotatable bonds is 3. The number of non-ortho nitro benzene ring substituents is 1. The van der Waals surface area contributed by atoms with Crippen LogP contribution in [0.4, 0.5) is 5.69 Å². The van der Waals surface area contributed by atoms with Gasteiger partial charge < -0.3 is 4.74 Å². The molecule has 0 amide bonds. The molecule has 3 rings (SSSR count). The molecule has 1 aliphatic rings. The van der Waals surface area contributed by atoms with Crippen LogP contribution in [0.3, 0.4) is 0 Å². The van der Waals surface area contributed by atoms with Gasteiger partial charge in [0.05, 0.1) is 15.5 Å². The lowest BCUT2D eigenvalue weighted by Gasteiger charge is -2.02. The number of aliphatic imine (C=N–C) groups is 1. The molecule has 2 heterocycles. The molecule has 1 aromatic carbocycles. The quantitative estimate of drug-likeness (QED) is 0.371. The van der Waals surface area contributed by atoms with Crippen molar-refractivity contribution in [2.45, 2.75) is 0 Å². The van der Waals surface area contributed by atoms with Crippen LogP contribution in [-0.4, -0.2) is 16.8 Å². The highest BCUT2D eigenvalue weighted by molar-refractivity contribution is 7.08. The number of hydrogen-bond acceptors (Lipinski definition) is 6. The average Bonchev–Trinajstić information content (AvgIpc) is 3.10. The van der Waals surface area contributed by atoms with Crippen molar-refractivity contribution < 1.29 is 14.5 Å². The fourth-order valence-electron chi connectivity index (χ4n) is 1.83. The molecule has 0 spiro atoms. The first kappa shape index (κ1) is 14.4. The van der Waals surface area contributed by atoms with E-state index in [4.69, 9.17) is 16.3 Å². The second kappa shape index (κ2) is 5.70. The zero-order valence-corrected chi connectivity index (χ0v) is 12.4. The fraction of sp³-hybridized carbons (Fsp3) is 0. The van der Waals surface area contributed by atoms with Crippen LogP contribution in [0.25, 0.3) is 6.08 Å². The Hall–Kier alpha value is -2.51. The summed E-state index contributed by atoms with van der Waals surface area (Å²) in [5, 5.41) is 14.5. The van der Waals surface area contributed by atoms with Gasteiger partial charge in [-0.1, -0.05) is 11.6 Å². The van der Waals surface area contributed by atoms with Crippen LogP contribution in [0.1, 0.15) is 11.1 Å². The first-order valence-corrected chi connectivity index (χ1v) is 7.36. The first-order valence-electron chi connectivity index (χ1n) is 6.03. The lowest BCUT2D eigenvalue weighted by molar-refractivity contribution is -0.384. The summed E-state index contributed by atoms with van der Waals surface area (Å²) in [6, 6.07) is 5.71. The van der Waals surface area contributed by atoms with Crippen LogP contribution < -0.4 is 0 Å². The van der Waals surface area contributed by atoms with Crippen molar-refractivity contribution in [1.82, 2.24) is 0 Å². The lowest BCUT2D eigenvalue weighted by atomic mass is 10.2. The topological polar surface area (TPSA) is 81.8 Å². The van der Waals surface area contributed by atoms with Crippen molar-refractivity contribution >= 4 is 46.6 Å². The monoisotopic (exact) mass is 334 g/mol. The van der Waals surface area contributed by atoms with Crippen molar-refractivity contribution in [3.8, 4) is 0 Å². The number of esters is 1. The molecule has 0 bridgehead atoms. The molecule has 0 saturated carbocycles. The van der Waals surface area contributed by atoms with Gasteiger partial charge in [0.15, 0.2) is 5.70 Å². The third kappa shape index (κ3) is 2.76. The summed E-state index contributed by atoms with van der Waals surface area (Å²) in [6.07, 6.45) is 1.60. The highest BCUT2D eigenvalue weighted by Gasteiger charge is 2.26. The Balaban J connectivity index is 1.96. The van der Waals surface area contributed by atoms with E-state index in [1.54, 1.807) is 6.08 Å². The molecule has 0 fully saturated rings. The van der Waals surface area contributed by atoms with Crippen molar-refractivity contribution in [2.24, 2.45) is 4.99 Å². The van der Waals surface area contributed by atoms with Crippen LogP contribution in [0.15, 0.2) is 45.7 Å². The van der Waals surface area contributed by atoms with E-state index in [0.29, 0.717) is 5.56 Å². The van der Waals surface area contributed by atoms with Gasteiger partial charge in [0.2, 0.25) is 5.90 Å². The van der Waals surface area contributed by atoms with Crippen LogP contribution >= 0.6 is 22.9 Å². The highest BCUT2D eigenvalue weighted by Crippen LogP contribution is 2.27. The Kier molecular flexibility index (Phi) is 3.74. The van der Waals surface area contributed by atoms with Gasteiger partial charge in [-0.05, 0) is 34.5 Å². The van der Waals surface area contributed by atoms with Gasteiger partial charge in [0.25, 0.3) is 5.69 Å². The number of benzene rings is 1. The molecule has 22 heavy (non-hydrogen) atoms. The van der Waals surface area contributed by atoms with Crippen molar-refractivity contribution in [3.63, 3.8) is 0 Å². The first-order chi connectivity index (χ1) is 10.5. The summed E-state index contributed by atoms with van der Waals surface area (Å²) in [6.45, 7) is 0. The molecule has 1 aliphatic heterocycles. The Morgan fingerprint density at radius 3 is 2.82 bits per heavy atom. The van der Waals surface area contributed by atoms with Gasteiger partial charge in [0.1, 0.15) is 0 Å². The van der Waals surface area contributed by atoms with Crippen molar-refractivity contribution in [2.75, 3.05) is 0 Å². The molecule has 0 radical (unpaired) electrons. The normalized spacial score (nSPS) is 15.8. The number of cyclic esters (lactones) is 1. The predicted octanol–water partition coefficient (Wildman–Crippen LogP) is 3.65. The number of carbonyl (C=O) groups excluding carboxylic acids is 1. The molecule has 6 nitrogen and oxygen atoms in total. The minimum Gasteiger partial charge on any atom is -0.402 e. The highest BCUT2D eigenvalue weighted by atomic mass is 35.5. The van der Waals surface area contributed by atoms with E-state index in [-0.39, 0.29) is 22.3 Å². The zero-order valence-electron chi connectivity index (χ0n) is 10.9. The maximum absolute atomic E-state index is 11.8. The second-order valence-electron chi connectivity index (χ2n) is 4.31. The van der Waals surface area contributed by atoms with E-state index in [1.807, 2.05) is 16.8 Å². The van der Waals surface area contributed by atoms with E-state index in [9.17, 15) is 14.9 Å². The summed E-state index contributed by atoms with van der Waals surface area (Å²) in [4.78, 5) is 26.1. The van der Waals surface area contributed by atoms with E-state index >= 15 is 0 Å². The third-order valence-corrected chi connectivity index (χ3v) is 3.88. The predicted molar refractivity (Wildman–Crippen MR) is 83.0 cm³/mol. The molecular weight excluding hydrogens is 328 g/mol. The summed E-state index contributed by atoms with van der Waals surface area (Å²) < 4.78 is 5.08. The Bertz CT molecular complexity index is 827. The maximum atomic E-state index is 11.8. The molecular formula is C14H7ClN2O4S. The molecule has 0 atom stereocenters. The summed E-state index contributed by atoms with van der Waals surface area (Å²) >= 11 is 7.50. The SMILES string of the molecule is O=C1OC(c2ccc([N+](=O)[O-])cc2Cl)=N/C1=C\c1ccsc1.